The van der Waals surface area contributed by atoms with Gasteiger partial charge in [0.25, 0.3) is 0 Å². The Kier molecular flexibility index (Phi) is 3.83. The van der Waals surface area contributed by atoms with Crippen molar-refractivity contribution in [2.75, 3.05) is 23.4 Å². The van der Waals surface area contributed by atoms with Crippen molar-refractivity contribution >= 4 is 31.7 Å². The fraction of sp³-hybridized carbons (Fsp3) is 0.909. The molecule has 2 aliphatic rings. The van der Waals surface area contributed by atoms with Crippen LogP contribution in [0.5, 0.6) is 0 Å². The molecule has 0 aromatic heterocycles. The van der Waals surface area contributed by atoms with Crippen LogP contribution in [-0.2, 0) is 14.6 Å². The average Bonchev–Trinajstić information content (AvgIpc) is 2.93. The zero-order valence-corrected chi connectivity index (χ0v) is 12.1. The van der Waals surface area contributed by atoms with E-state index in [9.17, 15) is 13.2 Å². The standard InChI is InChI=1S/C11H18BrNO3S/c12-5-4-11(2-3-11)8-13-10(14)9-1-6-17(15,16)7-9/h9H,1-8H2,(H,13,14). The highest BCUT2D eigenvalue weighted by Gasteiger charge is 2.42. The van der Waals surface area contributed by atoms with Gasteiger partial charge < -0.3 is 5.32 Å². The molecule has 4 nitrogen and oxygen atoms in total. The molecule has 0 bridgehead atoms. The second-order valence-electron chi connectivity index (χ2n) is 5.26. The topological polar surface area (TPSA) is 63.2 Å². The average molecular weight is 324 g/mol. The smallest absolute Gasteiger partial charge is 0.224 e. The third-order valence-corrected chi connectivity index (χ3v) is 5.99. The first-order valence-corrected chi connectivity index (χ1v) is 8.95. The van der Waals surface area contributed by atoms with Gasteiger partial charge in [-0.1, -0.05) is 15.9 Å². The van der Waals surface area contributed by atoms with Crippen molar-refractivity contribution in [3.05, 3.63) is 0 Å². The van der Waals surface area contributed by atoms with E-state index in [1.807, 2.05) is 0 Å². The monoisotopic (exact) mass is 323 g/mol. The zero-order chi connectivity index (χ0) is 12.5. The molecule has 1 saturated carbocycles. The molecule has 1 heterocycles. The number of hydrogen-bond acceptors (Lipinski definition) is 3. The Balaban J connectivity index is 1.79. The summed E-state index contributed by atoms with van der Waals surface area (Å²) in [5.74, 6) is -0.200. The van der Waals surface area contributed by atoms with Crippen LogP contribution in [0.15, 0.2) is 0 Å². The van der Waals surface area contributed by atoms with Gasteiger partial charge in [0.05, 0.1) is 17.4 Å². The molecule has 1 saturated heterocycles. The van der Waals surface area contributed by atoms with Crippen LogP contribution in [0.4, 0.5) is 0 Å². The first-order valence-electron chi connectivity index (χ1n) is 6.01. The second kappa shape index (κ2) is 4.88. The lowest BCUT2D eigenvalue weighted by molar-refractivity contribution is -0.124. The number of sulfone groups is 1. The maximum absolute atomic E-state index is 11.8. The normalized spacial score (nSPS) is 28.9. The van der Waals surface area contributed by atoms with Crippen LogP contribution >= 0.6 is 15.9 Å². The second-order valence-corrected chi connectivity index (χ2v) is 8.28. The Morgan fingerprint density at radius 3 is 2.59 bits per heavy atom. The van der Waals surface area contributed by atoms with E-state index >= 15 is 0 Å². The number of amides is 1. The van der Waals surface area contributed by atoms with Crippen LogP contribution in [0.2, 0.25) is 0 Å². The van der Waals surface area contributed by atoms with E-state index in [1.165, 1.54) is 12.8 Å². The summed E-state index contributed by atoms with van der Waals surface area (Å²) in [6.07, 6.45) is 3.90. The number of nitrogens with one attached hydrogen (secondary N) is 1. The van der Waals surface area contributed by atoms with Crippen molar-refractivity contribution in [2.24, 2.45) is 11.3 Å². The fourth-order valence-electron chi connectivity index (χ4n) is 2.31. The van der Waals surface area contributed by atoms with E-state index in [4.69, 9.17) is 0 Å². The summed E-state index contributed by atoms with van der Waals surface area (Å²) in [6, 6.07) is 0. The van der Waals surface area contributed by atoms with E-state index in [2.05, 4.69) is 21.2 Å². The Labute approximate surface area is 111 Å². The van der Waals surface area contributed by atoms with E-state index < -0.39 is 9.84 Å². The van der Waals surface area contributed by atoms with Crippen LogP contribution in [0, 0.1) is 11.3 Å². The van der Waals surface area contributed by atoms with Crippen LogP contribution < -0.4 is 5.32 Å². The van der Waals surface area contributed by atoms with Crippen LogP contribution in [0.25, 0.3) is 0 Å². The van der Waals surface area contributed by atoms with Crippen molar-refractivity contribution in [2.45, 2.75) is 25.7 Å². The van der Waals surface area contributed by atoms with E-state index in [0.717, 1.165) is 11.8 Å². The van der Waals surface area contributed by atoms with Gasteiger partial charge in [0.2, 0.25) is 5.91 Å². The maximum atomic E-state index is 11.8. The minimum absolute atomic E-state index is 0.0320. The van der Waals surface area contributed by atoms with Crippen LogP contribution in [-0.4, -0.2) is 37.7 Å². The largest absolute Gasteiger partial charge is 0.355 e. The quantitative estimate of drug-likeness (QED) is 0.771. The molecule has 1 N–H and O–H groups in total. The maximum Gasteiger partial charge on any atom is 0.224 e. The highest BCUT2D eigenvalue weighted by Crippen LogP contribution is 2.48. The number of hydrogen-bond donors (Lipinski definition) is 1. The third kappa shape index (κ3) is 3.44. The lowest BCUT2D eigenvalue weighted by atomic mass is 10.0. The van der Waals surface area contributed by atoms with Crippen molar-refractivity contribution in [1.29, 1.82) is 0 Å². The number of alkyl halides is 1. The van der Waals surface area contributed by atoms with Gasteiger partial charge >= 0.3 is 0 Å². The fourth-order valence-corrected chi connectivity index (χ4v) is 4.90. The molecule has 17 heavy (non-hydrogen) atoms. The Morgan fingerprint density at radius 1 is 1.41 bits per heavy atom. The first-order chi connectivity index (χ1) is 7.96. The Bertz CT molecular complexity index is 403. The number of rotatable bonds is 5. The molecule has 1 aliphatic carbocycles. The number of halogens is 1. The molecule has 2 fully saturated rings. The first kappa shape index (κ1) is 13.3. The highest BCUT2D eigenvalue weighted by molar-refractivity contribution is 9.09. The van der Waals surface area contributed by atoms with E-state index in [1.54, 1.807) is 0 Å². The molecule has 6 heteroatoms. The zero-order valence-electron chi connectivity index (χ0n) is 9.75. The highest BCUT2D eigenvalue weighted by atomic mass is 79.9. The van der Waals surface area contributed by atoms with Gasteiger partial charge in [-0.2, -0.15) is 0 Å². The molecule has 1 unspecified atom stereocenters. The van der Waals surface area contributed by atoms with Gasteiger partial charge in [-0.3, -0.25) is 4.79 Å². The molecule has 98 valence electrons. The summed E-state index contributed by atoms with van der Waals surface area (Å²) in [5.41, 5.74) is 0.288. The Morgan fingerprint density at radius 2 is 2.12 bits per heavy atom. The lowest BCUT2D eigenvalue weighted by Crippen LogP contribution is -2.35. The Hall–Kier alpha value is -0.100. The molecular weight excluding hydrogens is 306 g/mol. The predicted octanol–water partition coefficient (Wildman–Crippen LogP) is 1.10. The van der Waals surface area contributed by atoms with Crippen molar-refractivity contribution in [3.63, 3.8) is 0 Å². The summed E-state index contributed by atoms with van der Waals surface area (Å²) >= 11 is 3.42. The lowest BCUT2D eigenvalue weighted by Gasteiger charge is -2.16. The molecule has 0 spiro atoms. The summed E-state index contributed by atoms with van der Waals surface area (Å²) in [5, 5.41) is 3.88. The third-order valence-electron chi connectivity index (χ3n) is 3.82. The van der Waals surface area contributed by atoms with Crippen molar-refractivity contribution in [3.8, 4) is 0 Å². The van der Waals surface area contributed by atoms with E-state index in [0.29, 0.717) is 13.0 Å². The minimum Gasteiger partial charge on any atom is -0.355 e. The van der Waals surface area contributed by atoms with Crippen LogP contribution in [0.1, 0.15) is 25.7 Å². The van der Waals surface area contributed by atoms with Crippen LogP contribution in [0.3, 0.4) is 0 Å². The molecule has 0 radical (unpaired) electrons. The van der Waals surface area contributed by atoms with Gasteiger partial charge in [-0.05, 0) is 31.1 Å². The summed E-state index contributed by atoms with van der Waals surface area (Å²) in [4.78, 5) is 11.8. The molecule has 0 aromatic rings. The number of carbonyl (C=O) groups is 1. The molecule has 1 amide bonds. The van der Waals surface area contributed by atoms with Crippen molar-refractivity contribution in [1.82, 2.24) is 5.32 Å². The number of carbonyl (C=O) groups excluding carboxylic acids is 1. The van der Waals surface area contributed by atoms with E-state index in [-0.39, 0.29) is 28.7 Å². The molecule has 1 atom stereocenters. The van der Waals surface area contributed by atoms with Gasteiger partial charge in [0, 0.05) is 11.9 Å². The van der Waals surface area contributed by atoms with Gasteiger partial charge in [-0.25, -0.2) is 8.42 Å². The van der Waals surface area contributed by atoms with Crippen molar-refractivity contribution < 1.29 is 13.2 Å². The minimum atomic E-state index is -2.96. The predicted molar refractivity (Wildman–Crippen MR) is 69.8 cm³/mol. The molecule has 1 aliphatic heterocycles. The molecule has 0 aromatic carbocycles. The van der Waals surface area contributed by atoms with Gasteiger partial charge in [-0.15, -0.1) is 0 Å². The summed E-state index contributed by atoms with van der Waals surface area (Å²) in [6.45, 7) is 0.702. The molecular formula is C11H18BrNO3S. The SMILES string of the molecule is O=C(NCC1(CCBr)CC1)C1CCS(=O)(=O)C1. The summed E-state index contributed by atoms with van der Waals surface area (Å²) < 4.78 is 22.6. The molecule has 2 rings (SSSR count). The van der Waals surface area contributed by atoms with Gasteiger partial charge in [0.15, 0.2) is 9.84 Å². The van der Waals surface area contributed by atoms with Gasteiger partial charge in [0.1, 0.15) is 0 Å². The summed E-state index contributed by atoms with van der Waals surface area (Å²) in [7, 11) is -2.96.